The third kappa shape index (κ3) is 3.42. The first-order chi connectivity index (χ1) is 8.72. The van der Waals surface area contributed by atoms with Gasteiger partial charge in [0.05, 0.1) is 6.10 Å². The number of aryl methyl sites for hydroxylation is 1. The van der Waals surface area contributed by atoms with Crippen LogP contribution >= 0.6 is 15.9 Å². The number of hydrogen-bond acceptors (Lipinski definition) is 4. The maximum atomic E-state index is 5.72. The SMILES string of the molecule is CCOC1CCCN(c2cc(Br)nc(CC)n2)C1. The third-order valence-corrected chi connectivity index (χ3v) is 3.55. The van der Waals surface area contributed by atoms with E-state index in [0.29, 0.717) is 6.10 Å². The van der Waals surface area contributed by atoms with Gasteiger partial charge in [0, 0.05) is 32.2 Å². The Morgan fingerprint density at radius 1 is 1.44 bits per heavy atom. The van der Waals surface area contributed by atoms with Gasteiger partial charge in [-0.3, -0.25) is 0 Å². The zero-order valence-corrected chi connectivity index (χ0v) is 12.6. The van der Waals surface area contributed by atoms with Crippen molar-refractivity contribution in [2.75, 3.05) is 24.6 Å². The summed E-state index contributed by atoms with van der Waals surface area (Å²) >= 11 is 3.46. The van der Waals surface area contributed by atoms with Crippen LogP contribution in [0.5, 0.6) is 0 Å². The van der Waals surface area contributed by atoms with E-state index in [2.05, 4.69) is 44.6 Å². The Morgan fingerprint density at radius 3 is 3.00 bits per heavy atom. The summed E-state index contributed by atoms with van der Waals surface area (Å²) in [6.45, 7) is 6.89. The summed E-state index contributed by atoms with van der Waals surface area (Å²) in [5, 5.41) is 0. The summed E-state index contributed by atoms with van der Waals surface area (Å²) in [7, 11) is 0. The molecule has 0 spiro atoms. The van der Waals surface area contributed by atoms with Crippen LogP contribution in [0.15, 0.2) is 10.7 Å². The van der Waals surface area contributed by atoms with Crippen LogP contribution in [0.25, 0.3) is 0 Å². The molecule has 2 heterocycles. The topological polar surface area (TPSA) is 38.2 Å². The quantitative estimate of drug-likeness (QED) is 0.801. The average Bonchev–Trinajstić information content (AvgIpc) is 2.39. The molecule has 0 aliphatic carbocycles. The van der Waals surface area contributed by atoms with E-state index in [1.807, 2.05) is 6.07 Å². The van der Waals surface area contributed by atoms with Crippen molar-refractivity contribution < 1.29 is 4.74 Å². The molecule has 1 unspecified atom stereocenters. The minimum Gasteiger partial charge on any atom is -0.377 e. The van der Waals surface area contributed by atoms with Crippen LogP contribution in [-0.2, 0) is 11.2 Å². The highest BCUT2D eigenvalue weighted by Gasteiger charge is 2.21. The highest BCUT2D eigenvalue weighted by atomic mass is 79.9. The van der Waals surface area contributed by atoms with Crippen LogP contribution < -0.4 is 4.90 Å². The number of nitrogens with zero attached hydrogens (tertiary/aromatic N) is 3. The van der Waals surface area contributed by atoms with Gasteiger partial charge in [-0.15, -0.1) is 0 Å². The highest BCUT2D eigenvalue weighted by Crippen LogP contribution is 2.22. The van der Waals surface area contributed by atoms with Crippen molar-refractivity contribution in [1.29, 1.82) is 0 Å². The second-order valence-electron chi connectivity index (χ2n) is 4.48. The molecular formula is C13H20BrN3O. The number of rotatable bonds is 4. The predicted octanol–water partition coefficient (Wildman–Crippen LogP) is 2.81. The van der Waals surface area contributed by atoms with Gasteiger partial charge in [0.2, 0.25) is 0 Å². The first kappa shape index (κ1) is 13.7. The first-order valence-electron chi connectivity index (χ1n) is 6.63. The molecule has 0 saturated carbocycles. The first-order valence-corrected chi connectivity index (χ1v) is 7.42. The molecule has 0 bridgehead atoms. The monoisotopic (exact) mass is 313 g/mol. The number of hydrogen-bond donors (Lipinski definition) is 0. The van der Waals surface area contributed by atoms with Crippen LogP contribution in [0.1, 0.15) is 32.5 Å². The molecule has 1 saturated heterocycles. The Bertz CT molecular complexity index is 398. The fourth-order valence-electron chi connectivity index (χ4n) is 2.29. The van der Waals surface area contributed by atoms with E-state index >= 15 is 0 Å². The number of anilines is 1. The van der Waals surface area contributed by atoms with E-state index in [1.54, 1.807) is 0 Å². The van der Waals surface area contributed by atoms with Gasteiger partial charge >= 0.3 is 0 Å². The summed E-state index contributed by atoms with van der Waals surface area (Å²) in [5.41, 5.74) is 0. The van der Waals surface area contributed by atoms with Crippen LogP contribution in [0.3, 0.4) is 0 Å². The maximum Gasteiger partial charge on any atom is 0.133 e. The third-order valence-electron chi connectivity index (χ3n) is 3.15. The Labute approximate surface area is 117 Å². The van der Waals surface area contributed by atoms with E-state index in [1.165, 1.54) is 0 Å². The lowest BCUT2D eigenvalue weighted by molar-refractivity contribution is 0.0525. The average molecular weight is 314 g/mol. The van der Waals surface area contributed by atoms with Crippen molar-refractivity contribution in [3.05, 3.63) is 16.5 Å². The van der Waals surface area contributed by atoms with Crippen LogP contribution in [-0.4, -0.2) is 35.8 Å². The highest BCUT2D eigenvalue weighted by molar-refractivity contribution is 9.10. The molecule has 1 atom stereocenters. The second-order valence-corrected chi connectivity index (χ2v) is 5.30. The summed E-state index contributed by atoms with van der Waals surface area (Å²) in [5.74, 6) is 1.90. The Balaban J connectivity index is 2.12. The number of ether oxygens (including phenoxy) is 1. The van der Waals surface area contributed by atoms with Crippen LogP contribution in [0, 0.1) is 0 Å². The summed E-state index contributed by atoms with van der Waals surface area (Å²) in [6.07, 6.45) is 3.50. The molecule has 18 heavy (non-hydrogen) atoms. The van der Waals surface area contributed by atoms with Crippen molar-refractivity contribution in [2.24, 2.45) is 0 Å². The second kappa shape index (κ2) is 6.48. The van der Waals surface area contributed by atoms with E-state index in [9.17, 15) is 0 Å². The van der Waals surface area contributed by atoms with Gasteiger partial charge in [-0.25, -0.2) is 9.97 Å². The van der Waals surface area contributed by atoms with Crippen molar-refractivity contribution in [2.45, 2.75) is 39.2 Å². The van der Waals surface area contributed by atoms with Gasteiger partial charge in [0.15, 0.2) is 0 Å². The molecule has 1 aromatic heterocycles. The molecule has 4 nitrogen and oxygen atoms in total. The summed E-state index contributed by atoms with van der Waals surface area (Å²) in [4.78, 5) is 11.3. The number of piperidine rings is 1. The molecule has 1 aromatic rings. The van der Waals surface area contributed by atoms with Gasteiger partial charge in [-0.05, 0) is 35.7 Å². The smallest absolute Gasteiger partial charge is 0.133 e. The molecule has 100 valence electrons. The van der Waals surface area contributed by atoms with E-state index in [4.69, 9.17) is 4.74 Å². The van der Waals surface area contributed by atoms with Crippen molar-refractivity contribution >= 4 is 21.7 Å². The zero-order valence-electron chi connectivity index (χ0n) is 11.0. The molecule has 1 aliphatic rings. The molecular weight excluding hydrogens is 294 g/mol. The van der Waals surface area contributed by atoms with Gasteiger partial charge < -0.3 is 9.64 Å². The number of halogens is 1. The Kier molecular flexibility index (Phi) is 4.95. The molecule has 0 N–H and O–H groups in total. The van der Waals surface area contributed by atoms with Crippen LogP contribution in [0.4, 0.5) is 5.82 Å². The zero-order chi connectivity index (χ0) is 13.0. The molecule has 0 radical (unpaired) electrons. The van der Waals surface area contributed by atoms with Crippen molar-refractivity contribution in [1.82, 2.24) is 9.97 Å². The summed E-state index contributed by atoms with van der Waals surface area (Å²) < 4.78 is 6.59. The minimum atomic E-state index is 0.336. The summed E-state index contributed by atoms with van der Waals surface area (Å²) in [6, 6.07) is 1.99. The lowest BCUT2D eigenvalue weighted by Gasteiger charge is -2.33. The lowest BCUT2D eigenvalue weighted by Crippen LogP contribution is -2.40. The Morgan fingerprint density at radius 2 is 2.28 bits per heavy atom. The van der Waals surface area contributed by atoms with Crippen LogP contribution in [0.2, 0.25) is 0 Å². The van der Waals surface area contributed by atoms with E-state index < -0.39 is 0 Å². The van der Waals surface area contributed by atoms with E-state index in [-0.39, 0.29) is 0 Å². The van der Waals surface area contributed by atoms with Gasteiger partial charge in [0.25, 0.3) is 0 Å². The predicted molar refractivity (Wildman–Crippen MR) is 76.0 cm³/mol. The minimum absolute atomic E-state index is 0.336. The van der Waals surface area contributed by atoms with Gasteiger partial charge in [-0.2, -0.15) is 0 Å². The molecule has 2 rings (SSSR count). The largest absolute Gasteiger partial charge is 0.377 e. The molecule has 1 fully saturated rings. The van der Waals surface area contributed by atoms with Crippen molar-refractivity contribution in [3.63, 3.8) is 0 Å². The molecule has 0 aromatic carbocycles. The molecule has 0 amide bonds. The van der Waals surface area contributed by atoms with Gasteiger partial charge in [0.1, 0.15) is 16.2 Å². The molecule has 1 aliphatic heterocycles. The van der Waals surface area contributed by atoms with E-state index in [0.717, 1.165) is 55.2 Å². The Hall–Kier alpha value is -0.680. The van der Waals surface area contributed by atoms with Crippen molar-refractivity contribution in [3.8, 4) is 0 Å². The fourth-order valence-corrected chi connectivity index (χ4v) is 2.70. The number of aromatic nitrogens is 2. The van der Waals surface area contributed by atoms with Gasteiger partial charge in [-0.1, -0.05) is 6.92 Å². The maximum absolute atomic E-state index is 5.72. The fraction of sp³-hybridized carbons (Fsp3) is 0.692. The molecule has 5 heteroatoms. The standard InChI is InChI=1S/C13H20BrN3O/c1-3-12-15-11(14)8-13(16-12)17-7-5-6-10(9-17)18-4-2/h8,10H,3-7,9H2,1-2H3. The lowest BCUT2D eigenvalue weighted by atomic mass is 10.1. The normalized spacial score (nSPS) is 20.2.